The van der Waals surface area contributed by atoms with Crippen LogP contribution >= 0.6 is 11.3 Å². The Labute approximate surface area is 115 Å². The Morgan fingerprint density at radius 2 is 1.89 bits per heavy atom. The van der Waals surface area contributed by atoms with Crippen molar-refractivity contribution in [3.63, 3.8) is 0 Å². The molecule has 0 saturated heterocycles. The zero-order valence-corrected chi connectivity index (χ0v) is 12.0. The van der Waals surface area contributed by atoms with Crippen LogP contribution in [0.15, 0.2) is 29.9 Å². The summed E-state index contributed by atoms with van der Waals surface area (Å²) in [5, 5.41) is 2.08. The average Bonchev–Trinajstić information content (AvgIpc) is 2.91. The summed E-state index contributed by atoms with van der Waals surface area (Å²) in [5.41, 5.74) is 9.38. The zero-order valence-electron chi connectivity index (χ0n) is 11.2. The highest BCUT2D eigenvalue weighted by atomic mass is 32.1. The molecule has 0 aliphatic rings. The van der Waals surface area contributed by atoms with Gasteiger partial charge >= 0.3 is 0 Å². The molecule has 3 aromatic heterocycles. The van der Waals surface area contributed by atoms with Gasteiger partial charge in [-0.15, -0.1) is 11.3 Å². The van der Waals surface area contributed by atoms with Crippen molar-refractivity contribution in [2.45, 2.75) is 26.2 Å². The lowest BCUT2D eigenvalue weighted by atomic mass is 9.92. The van der Waals surface area contributed by atoms with E-state index in [1.165, 1.54) is 0 Å². The van der Waals surface area contributed by atoms with E-state index >= 15 is 0 Å². The van der Waals surface area contributed by atoms with Crippen molar-refractivity contribution in [3.8, 4) is 11.3 Å². The summed E-state index contributed by atoms with van der Waals surface area (Å²) in [7, 11) is 0. The number of anilines is 1. The number of aromatic nitrogens is 3. The average molecular weight is 272 g/mol. The molecule has 3 aromatic rings. The molecule has 0 amide bonds. The minimum atomic E-state index is -0.0503. The topological polar surface area (TPSA) is 56.2 Å². The van der Waals surface area contributed by atoms with E-state index in [-0.39, 0.29) is 5.41 Å². The van der Waals surface area contributed by atoms with E-state index < -0.39 is 0 Å². The molecule has 0 radical (unpaired) electrons. The van der Waals surface area contributed by atoms with Crippen LogP contribution in [0.4, 0.5) is 5.82 Å². The fraction of sp³-hybridized carbons (Fsp3) is 0.286. The second kappa shape index (κ2) is 4.06. The highest BCUT2D eigenvalue weighted by Gasteiger charge is 2.24. The first-order valence-corrected chi connectivity index (χ1v) is 7.03. The Kier molecular flexibility index (Phi) is 2.60. The third-order valence-corrected chi connectivity index (χ3v) is 3.91. The number of nitrogen functional groups attached to an aromatic ring is 1. The Morgan fingerprint density at radius 3 is 2.53 bits per heavy atom. The van der Waals surface area contributed by atoms with E-state index in [2.05, 4.69) is 36.1 Å². The molecule has 2 N–H and O–H groups in total. The zero-order chi connectivity index (χ0) is 13.6. The van der Waals surface area contributed by atoms with Gasteiger partial charge in [0.2, 0.25) is 0 Å². The van der Waals surface area contributed by atoms with Crippen LogP contribution in [0.2, 0.25) is 0 Å². The number of nitrogens with two attached hydrogens (primary N) is 1. The molecule has 0 aliphatic carbocycles. The van der Waals surface area contributed by atoms with Crippen molar-refractivity contribution in [2.75, 3.05) is 5.73 Å². The standard InChI is InChI=1S/C14H16N4S/c1-14(2,3)11-12(15)18-10(8-19-13(18)17-11)9-4-6-16-7-5-9/h4-8H,15H2,1-3H3. The van der Waals surface area contributed by atoms with Crippen LogP contribution in [0.3, 0.4) is 0 Å². The van der Waals surface area contributed by atoms with Gasteiger partial charge < -0.3 is 5.73 Å². The SMILES string of the molecule is CC(C)(C)c1nc2scc(-c3ccncc3)n2c1N. The van der Waals surface area contributed by atoms with Crippen LogP contribution in [0.25, 0.3) is 16.2 Å². The Bertz CT molecular complexity index is 719. The first-order chi connectivity index (χ1) is 8.98. The van der Waals surface area contributed by atoms with Gasteiger partial charge in [-0.1, -0.05) is 20.8 Å². The summed E-state index contributed by atoms with van der Waals surface area (Å²) in [6, 6.07) is 3.97. The lowest BCUT2D eigenvalue weighted by Gasteiger charge is -2.16. The molecule has 19 heavy (non-hydrogen) atoms. The molecule has 0 saturated carbocycles. The van der Waals surface area contributed by atoms with Crippen molar-refractivity contribution in [3.05, 3.63) is 35.6 Å². The number of hydrogen-bond donors (Lipinski definition) is 1. The number of hydrogen-bond acceptors (Lipinski definition) is 4. The number of pyridine rings is 1. The Morgan fingerprint density at radius 1 is 1.21 bits per heavy atom. The number of rotatable bonds is 1. The molecule has 0 atom stereocenters. The van der Waals surface area contributed by atoms with Crippen LogP contribution in [-0.4, -0.2) is 14.4 Å². The first kappa shape index (κ1) is 12.2. The lowest BCUT2D eigenvalue weighted by Crippen LogP contribution is -2.14. The smallest absolute Gasteiger partial charge is 0.196 e. The number of thiazole rings is 1. The van der Waals surface area contributed by atoms with Crippen LogP contribution in [0.5, 0.6) is 0 Å². The maximum Gasteiger partial charge on any atom is 0.196 e. The summed E-state index contributed by atoms with van der Waals surface area (Å²) in [5.74, 6) is 0.732. The van der Waals surface area contributed by atoms with E-state index in [0.29, 0.717) is 0 Å². The Balaban J connectivity index is 2.27. The molecular formula is C14H16N4S. The molecule has 0 fully saturated rings. The molecule has 3 heterocycles. The third-order valence-electron chi connectivity index (χ3n) is 3.09. The molecule has 0 spiro atoms. The molecule has 0 aromatic carbocycles. The van der Waals surface area contributed by atoms with Gasteiger partial charge in [-0.2, -0.15) is 0 Å². The molecule has 0 aliphatic heterocycles. The predicted molar refractivity (Wildman–Crippen MR) is 79.4 cm³/mol. The van der Waals surface area contributed by atoms with E-state index in [9.17, 15) is 0 Å². The summed E-state index contributed by atoms with van der Waals surface area (Å²) in [4.78, 5) is 9.66. The van der Waals surface area contributed by atoms with Gasteiger partial charge in [-0.3, -0.25) is 9.38 Å². The summed E-state index contributed by atoms with van der Waals surface area (Å²) < 4.78 is 2.03. The second-order valence-electron chi connectivity index (χ2n) is 5.57. The van der Waals surface area contributed by atoms with E-state index in [0.717, 1.165) is 27.7 Å². The minimum Gasteiger partial charge on any atom is -0.383 e. The van der Waals surface area contributed by atoms with Gasteiger partial charge in [-0.05, 0) is 12.1 Å². The second-order valence-corrected chi connectivity index (χ2v) is 6.41. The maximum atomic E-state index is 6.30. The monoisotopic (exact) mass is 272 g/mol. The summed E-state index contributed by atoms with van der Waals surface area (Å²) in [6.07, 6.45) is 3.58. The molecule has 5 heteroatoms. The van der Waals surface area contributed by atoms with Crippen molar-refractivity contribution < 1.29 is 0 Å². The van der Waals surface area contributed by atoms with E-state index in [4.69, 9.17) is 5.73 Å². The Hall–Kier alpha value is -1.88. The number of imidazole rings is 1. The summed E-state index contributed by atoms with van der Waals surface area (Å²) in [6.45, 7) is 6.38. The van der Waals surface area contributed by atoms with Gasteiger partial charge in [0.1, 0.15) is 5.82 Å². The number of nitrogens with zero attached hydrogens (tertiary/aromatic N) is 3. The van der Waals surface area contributed by atoms with Gasteiger partial charge in [0.15, 0.2) is 4.96 Å². The quantitative estimate of drug-likeness (QED) is 0.739. The fourth-order valence-corrected chi connectivity index (χ4v) is 3.06. The lowest BCUT2D eigenvalue weighted by molar-refractivity contribution is 0.576. The third kappa shape index (κ3) is 1.90. The van der Waals surface area contributed by atoms with Crippen molar-refractivity contribution in [1.82, 2.24) is 14.4 Å². The normalized spacial score (nSPS) is 12.2. The largest absolute Gasteiger partial charge is 0.383 e. The highest BCUT2D eigenvalue weighted by Crippen LogP contribution is 2.34. The number of fused-ring (bicyclic) bond motifs is 1. The van der Waals surface area contributed by atoms with E-state index in [1.54, 1.807) is 23.7 Å². The maximum absolute atomic E-state index is 6.30. The minimum absolute atomic E-state index is 0.0503. The molecule has 3 rings (SSSR count). The van der Waals surface area contributed by atoms with Gasteiger partial charge in [0.05, 0.1) is 11.4 Å². The molecular weight excluding hydrogens is 256 g/mol. The summed E-state index contributed by atoms with van der Waals surface area (Å²) >= 11 is 1.61. The van der Waals surface area contributed by atoms with Crippen LogP contribution < -0.4 is 5.73 Å². The van der Waals surface area contributed by atoms with Crippen LogP contribution in [0, 0.1) is 0 Å². The van der Waals surface area contributed by atoms with Crippen LogP contribution in [0.1, 0.15) is 26.5 Å². The molecule has 0 unspecified atom stereocenters. The van der Waals surface area contributed by atoms with Gasteiger partial charge in [-0.25, -0.2) is 4.98 Å². The van der Waals surface area contributed by atoms with Gasteiger partial charge in [0.25, 0.3) is 0 Å². The van der Waals surface area contributed by atoms with Crippen LogP contribution in [-0.2, 0) is 5.41 Å². The van der Waals surface area contributed by atoms with Crippen molar-refractivity contribution in [2.24, 2.45) is 0 Å². The molecule has 98 valence electrons. The van der Waals surface area contributed by atoms with Gasteiger partial charge in [0, 0.05) is 28.8 Å². The fourth-order valence-electron chi connectivity index (χ4n) is 2.16. The first-order valence-electron chi connectivity index (χ1n) is 6.15. The molecule has 0 bridgehead atoms. The molecule has 4 nitrogen and oxygen atoms in total. The highest BCUT2D eigenvalue weighted by molar-refractivity contribution is 7.15. The van der Waals surface area contributed by atoms with E-state index in [1.807, 2.05) is 16.5 Å². The van der Waals surface area contributed by atoms with Crippen molar-refractivity contribution >= 4 is 22.1 Å². The predicted octanol–water partition coefficient (Wildman–Crippen LogP) is 3.34. The van der Waals surface area contributed by atoms with Crippen molar-refractivity contribution in [1.29, 1.82) is 0 Å².